The van der Waals surface area contributed by atoms with Crippen molar-refractivity contribution in [2.24, 2.45) is 0 Å². The lowest BCUT2D eigenvalue weighted by atomic mass is 10.1. The van der Waals surface area contributed by atoms with Crippen LogP contribution in [0, 0.1) is 0 Å². The van der Waals surface area contributed by atoms with Gasteiger partial charge in [-0.1, -0.05) is 6.42 Å². The minimum absolute atomic E-state index is 0.205. The summed E-state index contributed by atoms with van der Waals surface area (Å²) in [5, 5.41) is 2.96. The molecule has 1 aromatic rings. The fraction of sp³-hybridized carbons (Fsp3) is 0.652. The maximum absolute atomic E-state index is 13.1. The van der Waals surface area contributed by atoms with E-state index in [0.29, 0.717) is 31.7 Å². The van der Waals surface area contributed by atoms with E-state index in [1.54, 1.807) is 18.2 Å². The number of hydrogen-bond donors (Lipinski definition) is 1. The number of benzene rings is 1. The van der Waals surface area contributed by atoms with Crippen LogP contribution in [0.4, 0.5) is 5.69 Å². The van der Waals surface area contributed by atoms with Gasteiger partial charge in [0, 0.05) is 51.8 Å². The Morgan fingerprint density at radius 3 is 2.52 bits per heavy atom. The number of nitrogens with one attached hydrogen (secondary N) is 1. The Hall–Kier alpha value is -2.01. The summed E-state index contributed by atoms with van der Waals surface area (Å²) in [6.45, 7) is 7.24. The van der Waals surface area contributed by atoms with Gasteiger partial charge < -0.3 is 10.1 Å². The molecular formula is C23H34N4O5S. The number of ether oxygens (including phenoxy) is 1. The van der Waals surface area contributed by atoms with Crippen LogP contribution in [0.2, 0.25) is 0 Å². The van der Waals surface area contributed by atoms with Gasteiger partial charge in [-0.15, -0.1) is 0 Å². The molecule has 2 amide bonds. The maximum Gasteiger partial charge on any atom is 0.243 e. The van der Waals surface area contributed by atoms with Crippen molar-refractivity contribution in [3.63, 3.8) is 0 Å². The van der Waals surface area contributed by atoms with Gasteiger partial charge in [0.05, 0.1) is 18.1 Å². The summed E-state index contributed by atoms with van der Waals surface area (Å²) in [4.78, 5) is 29.4. The number of carbonyl (C=O) groups excluding carboxylic acids is 2. The van der Waals surface area contributed by atoms with Crippen LogP contribution in [-0.2, 0) is 30.8 Å². The number of amides is 2. The van der Waals surface area contributed by atoms with Crippen molar-refractivity contribution >= 4 is 27.5 Å². The van der Waals surface area contributed by atoms with E-state index >= 15 is 0 Å². The van der Waals surface area contributed by atoms with Gasteiger partial charge >= 0.3 is 0 Å². The molecule has 3 heterocycles. The molecule has 1 aromatic carbocycles. The Morgan fingerprint density at radius 2 is 1.82 bits per heavy atom. The molecule has 0 spiro atoms. The zero-order valence-electron chi connectivity index (χ0n) is 19.3. The Labute approximate surface area is 196 Å². The molecule has 0 bridgehead atoms. The number of hydrogen-bond acceptors (Lipinski definition) is 6. The standard InChI is InChI=1S/C23H34N4O5S/c1-18(28)27-21-7-6-20(33(30,31)26-10-3-2-4-11-26)16-19(21)17-22(27)23(29)24-8-5-9-25-12-14-32-15-13-25/h6-7,16,22H,2-5,8-15,17H2,1H3,(H,24,29). The summed E-state index contributed by atoms with van der Waals surface area (Å²) in [6, 6.07) is 4.20. The highest BCUT2D eigenvalue weighted by molar-refractivity contribution is 7.89. The quantitative estimate of drug-likeness (QED) is 0.587. The van der Waals surface area contributed by atoms with Gasteiger partial charge in [0.15, 0.2) is 0 Å². The molecule has 1 atom stereocenters. The minimum Gasteiger partial charge on any atom is -0.379 e. The van der Waals surface area contributed by atoms with Gasteiger partial charge in [-0.2, -0.15) is 4.31 Å². The molecule has 0 aromatic heterocycles. The number of sulfonamides is 1. The van der Waals surface area contributed by atoms with Gasteiger partial charge in [0.25, 0.3) is 0 Å². The smallest absolute Gasteiger partial charge is 0.243 e. The van der Waals surface area contributed by atoms with Crippen LogP contribution in [-0.4, -0.2) is 88.0 Å². The molecule has 33 heavy (non-hydrogen) atoms. The highest BCUT2D eigenvalue weighted by atomic mass is 32.2. The first-order valence-electron chi connectivity index (χ1n) is 11.9. The number of rotatable bonds is 7. The van der Waals surface area contributed by atoms with E-state index < -0.39 is 16.1 Å². The zero-order valence-corrected chi connectivity index (χ0v) is 20.1. The van der Waals surface area contributed by atoms with E-state index in [1.165, 1.54) is 16.1 Å². The highest BCUT2D eigenvalue weighted by Crippen LogP contribution is 2.35. The molecule has 182 valence electrons. The lowest BCUT2D eigenvalue weighted by molar-refractivity contribution is -0.125. The van der Waals surface area contributed by atoms with E-state index in [-0.39, 0.29) is 16.7 Å². The first-order chi connectivity index (χ1) is 15.9. The van der Waals surface area contributed by atoms with Gasteiger partial charge in [-0.25, -0.2) is 8.42 Å². The molecule has 0 saturated carbocycles. The Bertz CT molecular complexity index is 971. The van der Waals surface area contributed by atoms with Crippen LogP contribution in [0.15, 0.2) is 23.1 Å². The van der Waals surface area contributed by atoms with Crippen LogP contribution in [0.3, 0.4) is 0 Å². The van der Waals surface area contributed by atoms with Crippen molar-refractivity contribution in [2.75, 3.05) is 57.4 Å². The largest absolute Gasteiger partial charge is 0.379 e. The topological polar surface area (TPSA) is 99.3 Å². The van der Waals surface area contributed by atoms with Gasteiger partial charge in [0.1, 0.15) is 6.04 Å². The van der Waals surface area contributed by atoms with Crippen LogP contribution < -0.4 is 10.2 Å². The SMILES string of the molecule is CC(=O)N1c2ccc(S(=O)(=O)N3CCCCC3)cc2CC1C(=O)NCCCN1CCOCC1. The second-order valence-corrected chi connectivity index (χ2v) is 10.9. The van der Waals surface area contributed by atoms with E-state index in [0.717, 1.165) is 64.1 Å². The number of fused-ring (bicyclic) bond motifs is 1. The lowest BCUT2D eigenvalue weighted by Crippen LogP contribution is -2.48. The summed E-state index contributed by atoms with van der Waals surface area (Å²) in [5.74, 6) is -0.433. The van der Waals surface area contributed by atoms with Gasteiger partial charge in [-0.05, 0) is 49.6 Å². The molecule has 1 unspecified atom stereocenters. The summed E-state index contributed by atoms with van der Waals surface area (Å²) in [6.07, 6.45) is 3.93. The fourth-order valence-electron chi connectivity index (χ4n) is 4.90. The number of nitrogens with zero attached hydrogens (tertiary/aromatic N) is 3. The monoisotopic (exact) mass is 478 g/mol. The summed E-state index contributed by atoms with van der Waals surface area (Å²) in [7, 11) is -3.57. The lowest BCUT2D eigenvalue weighted by Gasteiger charge is -2.27. The normalized spacial score (nSPS) is 22.2. The summed E-state index contributed by atoms with van der Waals surface area (Å²) in [5.41, 5.74) is 1.34. The number of anilines is 1. The molecule has 4 rings (SSSR count). The van der Waals surface area contributed by atoms with Crippen LogP contribution in [0.25, 0.3) is 0 Å². The molecule has 3 aliphatic rings. The second kappa shape index (κ2) is 10.5. The molecule has 2 saturated heterocycles. The number of morpholine rings is 1. The molecule has 10 heteroatoms. The summed E-state index contributed by atoms with van der Waals surface area (Å²) < 4.78 is 33.0. The predicted molar refractivity (Wildman–Crippen MR) is 125 cm³/mol. The molecule has 0 radical (unpaired) electrons. The van der Waals surface area contributed by atoms with E-state index in [4.69, 9.17) is 4.74 Å². The van der Waals surface area contributed by atoms with Crippen molar-refractivity contribution in [3.05, 3.63) is 23.8 Å². The van der Waals surface area contributed by atoms with Crippen molar-refractivity contribution < 1.29 is 22.7 Å². The Balaban J connectivity index is 1.41. The van der Waals surface area contributed by atoms with Gasteiger partial charge in [-0.3, -0.25) is 19.4 Å². The highest BCUT2D eigenvalue weighted by Gasteiger charge is 2.38. The first-order valence-corrected chi connectivity index (χ1v) is 13.3. The van der Waals surface area contributed by atoms with Crippen molar-refractivity contribution in [3.8, 4) is 0 Å². The molecule has 9 nitrogen and oxygen atoms in total. The average Bonchev–Trinajstić information content (AvgIpc) is 3.22. The van der Waals surface area contributed by atoms with Crippen LogP contribution in [0.5, 0.6) is 0 Å². The third-order valence-electron chi connectivity index (χ3n) is 6.68. The number of carbonyl (C=O) groups is 2. The third kappa shape index (κ3) is 5.40. The maximum atomic E-state index is 13.1. The molecule has 1 N–H and O–H groups in total. The van der Waals surface area contributed by atoms with Crippen molar-refractivity contribution in [1.82, 2.24) is 14.5 Å². The third-order valence-corrected chi connectivity index (χ3v) is 8.58. The van der Waals surface area contributed by atoms with E-state index in [2.05, 4.69) is 10.2 Å². The Kier molecular flexibility index (Phi) is 7.68. The van der Waals surface area contributed by atoms with Crippen molar-refractivity contribution in [2.45, 2.75) is 50.0 Å². The molecule has 3 aliphatic heterocycles. The van der Waals surface area contributed by atoms with Crippen LogP contribution in [0.1, 0.15) is 38.2 Å². The first kappa shape index (κ1) is 24.1. The van der Waals surface area contributed by atoms with Crippen molar-refractivity contribution in [1.29, 1.82) is 0 Å². The Morgan fingerprint density at radius 1 is 1.09 bits per heavy atom. The second-order valence-electron chi connectivity index (χ2n) is 8.96. The van der Waals surface area contributed by atoms with E-state index in [1.807, 2.05) is 0 Å². The van der Waals surface area contributed by atoms with Gasteiger partial charge in [0.2, 0.25) is 21.8 Å². The molecular weight excluding hydrogens is 444 g/mol. The zero-order chi connectivity index (χ0) is 23.4. The number of piperidine rings is 1. The minimum atomic E-state index is -3.57. The molecule has 2 fully saturated rings. The average molecular weight is 479 g/mol. The fourth-order valence-corrected chi connectivity index (χ4v) is 6.47. The van der Waals surface area contributed by atoms with Crippen LogP contribution >= 0.6 is 0 Å². The summed E-state index contributed by atoms with van der Waals surface area (Å²) >= 11 is 0. The predicted octanol–water partition coefficient (Wildman–Crippen LogP) is 0.977. The van der Waals surface area contributed by atoms with E-state index in [9.17, 15) is 18.0 Å². The molecule has 0 aliphatic carbocycles.